The van der Waals surface area contributed by atoms with Gasteiger partial charge in [0.05, 0.1) is 18.5 Å². The lowest BCUT2D eigenvalue weighted by Crippen LogP contribution is -2.65. The number of hydrogen-bond acceptors (Lipinski definition) is 5. The second-order valence-corrected chi connectivity index (χ2v) is 11.9. The zero-order valence-electron chi connectivity index (χ0n) is 19.1. The van der Waals surface area contributed by atoms with Gasteiger partial charge in [-0.05, 0) is 98.7 Å². The molecule has 1 heterocycles. The lowest BCUT2D eigenvalue weighted by atomic mass is 9.46. The van der Waals surface area contributed by atoms with E-state index in [9.17, 15) is 4.79 Å². The van der Waals surface area contributed by atoms with Gasteiger partial charge in [-0.1, -0.05) is 6.92 Å². The quantitative estimate of drug-likeness (QED) is 0.795. The predicted molar refractivity (Wildman–Crippen MR) is 117 cm³/mol. The number of ketones is 1. The maximum atomic E-state index is 13.3. The predicted octanol–water partition coefficient (Wildman–Crippen LogP) is 3.60. The normalized spacial score (nSPS) is 50.5. The summed E-state index contributed by atoms with van der Waals surface area (Å²) >= 11 is 0. The fraction of sp³-hybridized carbons (Fsp3) is 0.880. The first-order chi connectivity index (χ1) is 14.9. The van der Waals surface area contributed by atoms with Crippen LogP contribution >= 0.6 is 0 Å². The van der Waals surface area contributed by atoms with E-state index in [2.05, 4.69) is 17.1 Å². The van der Waals surface area contributed by atoms with Crippen LogP contribution in [0.15, 0.2) is 12.4 Å². The molecule has 5 saturated carbocycles. The summed E-state index contributed by atoms with van der Waals surface area (Å²) in [5, 5.41) is 8.31. The van der Waals surface area contributed by atoms with E-state index in [4.69, 9.17) is 10.5 Å². The number of ether oxygens (including phenoxy) is 1. The molecule has 5 aliphatic rings. The first-order valence-corrected chi connectivity index (χ1v) is 12.6. The summed E-state index contributed by atoms with van der Waals surface area (Å²) in [4.78, 5) is 14.8. The van der Waals surface area contributed by atoms with Crippen LogP contribution in [0.5, 0.6) is 0 Å². The molecular weight excluding hydrogens is 388 g/mol. The van der Waals surface area contributed by atoms with Crippen LogP contribution in [0.3, 0.4) is 0 Å². The topological polar surface area (TPSA) is 83.0 Å². The SMILES string of the molecule is COC1CC12CC[C@@H]1C3CC[C@]4(C)[C@@H](C(=O)Cn5nccn5)CC[C@@]4(N)C3CC[C@H]1C2. The highest BCUT2D eigenvalue weighted by atomic mass is 16.5. The fourth-order valence-electron chi connectivity index (χ4n) is 9.31. The van der Waals surface area contributed by atoms with Gasteiger partial charge in [0, 0.05) is 18.6 Å². The molecule has 0 amide bonds. The van der Waals surface area contributed by atoms with E-state index < -0.39 is 0 Å². The lowest BCUT2D eigenvalue weighted by Gasteiger charge is -2.61. The van der Waals surface area contributed by atoms with E-state index in [1.165, 1.54) is 49.7 Å². The maximum absolute atomic E-state index is 13.3. The fourth-order valence-corrected chi connectivity index (χ4v) is 9.31. The van der Waals surface area contributed by atoms with Gasteiger partial charge in [0.1, 0.15) is 6.54 Å². The van der Waals surface area contributed by atoms with Crippen molar-refractivity contribution in [1.29, 1.82) is 0 Å². The van der Waals surface area contributed by atoms with E-state index in [0.717, 1.165) is 37.0 Å². The van der Waals surface area contributed by atoms with Gasteiger partial charge in [-0.25, -0.2) is 0 Å². The number of aromatic nitrogens is 3. The average Bonchev–Trinajstić information content (AvgIpc) is 3.07. The number of rotatable bonds is 4. The Bertz CT molecular complexity index is 858. The second-order valence-electron chi connectivity index (χ2n) is 11.9. The van der Waals surface area contributed by atoms with Gasteiger partial charge < -0.3 is 10.5 Å². The van der Waals surface area contributed by atoms with E-state index in [-0.39, 0.29) is 29.2 Å². The van der Waals surface area contributed by atoms with Crippen LogP contribution in [-0.2, 0) is 16.1 Å². The molecule has 2 N–H and O–H groups in total. The van der Waals surface area contributed by atoms with Crippen molar-refractivity contribution in [3.8, 4) is 0 Å². The summed E-state index contributed by atoms with van der Waals surface area (Å²) in [5.41, 5.74) is 7.61. The number of hydrogen-bond donors (Lipinski definition) is 1. The zero-order chi connectivity index (χ0) is 21.4. The number of carbonyl (C=O) groups excluding carboxylic acids is 1. The van der Waals surface area contributed by atoms with Gasteiger partial charge in [-0.15, -0.1) is 0 Å². The first kappa shape index (κ1) is 20.3. The third kappa shape index (κ3) is 2.79. The summed E-state index contributed by atoms with van der Waals surface area (Å²) in [7, 11) is 1.89. The summed E-state index contributed by atoms with van der Waals surface area (Å²) < 4.78 is 5.74. The molecular formula is C25H38N4O2. The minimum atomic E-state index is -0.192. The van der Waals surface area contributed by atoms with Gasteiger partial charge >= 0.3 is 0 Å². The molecule has 1 spiro atoms. The third-order valence-corrected chi connectivity index (χ3v) is 11.1. The molecule has 6 nitrogen and oxygen atoms in total. The molecule has 0 bridgehead atoms. The largest absolute Gasteiger partial charge is 0.381 e. The highest BCUT2D eigenvalue weighted by Crippen LogP contribution is 2.68. The van der Waals surface area contributed by atoms with E-state index in [1.54, 1.807) is 12.4 Å². The van der Waals surface area contributed by atoms with Crippen LogP contribution in [-0.4, -0.2) is 39.5 Å². The van der Waals surface area contributed by atoms with Crippen LogP contribution < -0.4 is 5.73 Å². The van der Waals surface area contributed by atoms with Crippen LogP contribution in [0.2, 0.25) is 0 Å². The molecule has 5 fully saturated rings. The molecule has 1 aromatic rings. The van der Waals surface area contributed by atoms with Crippen molar-refractivity contribution >= 4 is 5.78 Å². The minimum absolute atomic E-state index is 0.0470. The number of nitrogens with zero attached hydrogens (tertiary/aromatic N) is 3. The Labute approximate surface area is 185 Å². The van der Waals surface area contributed by atoms with Crippen LogP contribution in [0.4, 0.5) is 0 Å². The molecule has 9 atom stereocenters. The number of carbonyl (C=O) groups is 1. The molecule has 0 aliphatic heterocycles. The molecule has 6 heteroatoms. The zero-order valence-corrected chi connectivity index (χ0v) is 19.1. The molecule has 31 heavy (non-hydrogen) atoms. The summed E-state index contributed by atoms with van der Waals surface area (Å²) in [6.45, 7) is 2.62. The summed E-state index contributed by atoms with van der Waals surface area (Å²) in [5.74, 6) is 3.38. The van der Waals surface area contributed by atoms with E-state index in [1.807, 2.05) is 7.11 Å². The van der Waals surface area contributed by atoms with E-state index in [0.29, 0.717) is 17.4 Å². The van der Waals surface area contributed by atoms with Crippen molar-refractivity contribution in [3.05, 3.63) is 12.4 Å². The molecule has 0 saturated heterocycles. The van der Waals surface area contributed by atoms with Crippen molar-refractivity contribution < 1.29 is 9.53 Å². The molecule has 0 aromatic carbocycles. The highest BCUT2D eigenvalue weighted by Gasteiger charge is 2.66. The van der Waals surface area contributed by atoms with Crippen LogP contribution in [0.25, 0.3) is 0 Å². The minimum Gasteiger partial charge on any atom is -0.381 e. The number of nitrogens with two attached hydrogens (primary N) is 1. The maximum Gasteiger partial charge on any atom is 0.159 e. The molecule has 5 aliphatic carbocycles. The van der Waals surface area contributed by atoms with Crippen molar-refractivity contribution in [2.24, 2.45) is 46.2 Å². The van der Waals surface area contributed by atoms with Gasteiger partial charge in [0.2, 0.25) is 0 Å². The Morgan fingerprint density at radius 3 is 2.58 bits per heavy atom. The Hall–Kier alpha value is -1.27. The third-order valence-electron chi connectivity index (χ3n) is 11.1. The highest BCUT2D eigenvalue weighted by molar-refractivity contribution is 5.82. The molecule has 4 unspecified atom stereocenters. The first-order valence-electron chi connectivity index (χ1n) is 12.6. The van der Waals surface area contributed by atoms with Crippen molar-refractivity contribution in [2.45, 2.75) is 89.3 Å². The molecule has 1 aromatic heterocycles. The van der Waals surface area contributed by atoms with Crippen molar-refractivity contribution in [2.75, 3.05) is 7.11 Å². The number of Topliss-reactive ketones (excluding diaryl/α,β-unsaturated/α-hetero) is 1. The Balaban J connectivity index is 1.20. The van der Waals surface area contributed by atoms with Gasteiger partial charge in [0.25, 0.3) is 0 Å². The lowest BCUT2D eigenvalue weighted by molar-refractivity contribution is -0.133. The van der Waals surface area contributed by atoms with Gasteiger partial charge in [0.15, 0.2) is 5.78 Å². The Kier molecular flexibility index (Phi) is 4.51. The summed E-state index contributed by atoms with van der Waals surface area (Å²) in [6.07, 6.45) is 16.1. The Morgan fingerprint density at radius 2 is 1.84 bits per heavy atom. The average molecular weight is 427 g/mol. The van der Waals surface area contributed by atoms with Gasteiger partial charge in [-0.3, -0.25) is 4.79 Å². The monoisotopic (exact) mass is 426 g/mol. The standard InChI is InChI=1S/C25H38N4O2/c1-23-8-5-18-17-6-9-24(14-22(24)31-2)13-16(17)3-4-19(18)25(23,26)10-7-20(23)21(30)15-29-27-11-12-28-29/h11-12,16-20,22H,3-10,13-15,26H2,1-2H3/t16-,17-,18?,19?,20+,22?,23+,24?,25+/m0/s1. The number of fused-ring (bicyclic) bond motifs is 5. The van der Waals surface area contributed by atoms with Crippen LogP contribution in [0.1, 0.15) is 71.1 Å². The molecule has 170 valence electrons. The Morgan fingerprint density at radius 1 is 1.06 bits per heavy atom. The summed E-state index contributed by atoms with van der Waals surface area (Å²) in [6, 6.07) is 0. The number of methoxy groups -OCH3 is 1. The molecule has 0 radical (unpaired) electrons. The van der Waals surface area contributed by atoms with Crippen LogP contribution in [0, 0.1) is 40.4 Å². The van der Waals surface area contributed by atoms with E-state index >= 15 is 0 Å². The molecule has 6 rings (SSSR count). The second kappa shape index (κ2) is 6.86. The van der Waals surface area contributed by atoms with Crippen molar-refractivity contribution in [1.82, 2.24) is 15.0 Å². The van der Waals surface area contributed by atoms with Crippen molar-refractivity contribution in [3.63, 3.8) is 0 Å². The smallest absolute Gasteiger partial charge is 0.159 e. The van der Waals surface area contributed by atoms with Gasteiger partial charge in [-0.2, -0.15) is 15.0 Å².